The summed E-state index contributed by atoms with van der Waals surface area (Å²) in [4.78, 5) is 12.8. The molecular weight excluding hydrogens is 495 g/mol. The maximum atomic E-state index is 12.8. The van der Waals surface area contributed by atoms with Crippen molar-refractivity contribution in [3.63, 3.8) is 0 Å². The lowest BCUT2D eigenvalue weighted by molar-refractivity contribution is -0.134. The molecule has 0 radical (unpaired) electrons. The van der Waals surface area contributed by atoms with Gasteiger partial charge in [0.2, 0.25) is 0 Å². The van der Waals surface area contributed by atoms with Gasteiger partial charge in [-0.1, -0.05) is 65.7 Å². The largest absolute Gasteiger partial charge is 0.478 e. The minimum atomic E-state index is -1.15. The first-order valence-corrected chi connectivity index (χ1v) is 12.1. The third-order valence-electron chi connectivity index (χ3n) is 5.51. The molecule has 184 valence electrons. The minimum absolute atomic E-state index is 0.388. The number of hydrazone groups is 1. The lowest BCUT2D eigenvalue weighted by Crippen LogP contribution is -2.44. The molecule has 0 saturated carbocycles. The number of rotatable bonds is 8. The van der Waals surface area contributed by atoms with Gasteiger partial charge in [0.15, 0.2) is 5.60 Å². The van der Waals surface area contributed by atoms with Gasteiger partial charge < -0.3 is 4.74 Å². The van der Waals surface area contributed by atoms with E-state index < -0.39 is 5.60 Å². The molecule has 1 aromatic heterocycles. The normalized spacial score (nSPS) is 11.6. The third-order valence-corrected chi connectivity index (χ3v) is 6.19. The summed E-state index contributed by atoms with van der Waals surface area (Å²) >= 11 is 12.1. The summed E-state index contributed by atoms with van der Waals surface area (Å²) in [6.07, 6.45) is 3.48. The molecule has 0 aliphatic rings. The molecule has 0 spiro atoms. The van der Waals surface area contributed by atoms with Crippen LogP contribution in [-0.2, 0) is 11.3 Å². The number of hydrogen-bond donors (Lipinski definition) is 1. The Balaban J connectivity index is 1.51. The van der Waals surface area contributed by atoms with Crippen molar-refractivity contribution in [1.29, 1.82) is 0 Å². The molecule has 8 heteroatoms. The van der Waals surface area contributed by atoms with Gasteiger partial charge in [-0.2, -0.15) is 10.2 Å². The predicted octanol–water partition coefficient (Wildman–Crippen LogP) is 6.52. The lowest BCUT2D eigenvalue weighted by atomic mass is 10.1. The first kappa shape index (κ1) is 25.5. The van der Waals surface area contributed by atoms with Crippen LogP contribution in [0.15, 0.2) is 84.1 Å². The number of aryl methyl sites for hydroxylation is 1. The first-order valence-electron chi connectivity index (χ1n) is 11.4. The maximum Gasteiger partial charge on any atom is 0.283 e. The van der Waals surface area contributed by atoms with Crippen molar-refractivity contribution in [2.75, 3.05) is 0 Å². The van der Waals surface area contributed by atoms with Crippen molar-refractivity contribution < 1.29 is 9.53 Å². The van der Waals surface area contributed by atoms with Crippen LogP contribution in [0.1, 0.15) is 30.5 Å². The summed E-state index contributed by atoms with van der Waals surface area (Å²) in [6, 6.07) is 22.7. The monoisotopic (exact) mass is 520 g/mol. The van der Waals surface area contributed by atoms with Crippen LogP contribution in [0.4, 0.5) is 0 Å². The molecule has 6 nitrogen and oxygen atoms in total. The van der Waals surface area contributed by atoms with Gasteiger partial charge in [0.25, 0.3) is 5.91 Å². The number of ether oxygens (including phenoxy) is 1. The van der Waals surface area contributed by atoms with Crippen molar-refractivity contribution in [2.45, 2.75) is 32.9 Å². The molecule has 0 fully saturated rings. The predicted molar refractivity (Wildman–Crippen MR) is 145 cm³/mol. The zero-order valence-electron chi connectivity index (χ0n) is 20.2. The summed E-state index contributed by atoms with van der Waals surface area (Å²) in [7, 11) is 0. The molecule has 0 aliphatic heterocycles. The van der Waals surface area contributed by atoms with Gasteiger partial charge in [0.1, 0.15) is 11.4 Å². The molecule has 0 saturated heterocycles. The van der Waals surface area contributed by atoms with E-state index in [4.69, 9.17) is 33.0 Å². The molecule has 0 bridgehead atoms. The van der Waals surface area contributed by atoms with E-state index in [1.165, 1.54) is 0 Å². The number of aromatic nitrogens is 2. The van der Waals surface area contributed by atoms with E-state index in [9.17, 15) is 4.79 Å². The zero-order chi connectivity index (χ0) is 25.7. The number of carbonyl (C=O) groups excluding carboxylic acids is 1. The molecule has 4 rings (SSSR count). The van der Waals surface area contributed by atoms with Crippen molar-refractivity contribution in [3.05, 3.63) is 106 Å². The Morgan fingerprint density at radius 2 is 1.81 bits per heavy atom. The maximum absolute atomic E-state index is 12.8. The highest BCUT2D eigenvalue weighted by Crippen LogP contribution is 2.25. The van der Waals surface area contributed by atoms with Crippen molar-refractivity contribution in [3.8, 4) is 17.0 Å². The van der Waals surface area contributed by atoms with Crippen LogP contribution in [0.3, 0.4) is 0 Å². The lowest BCUT2D eigenvalue weighted by Gasteiger charge is -2.24. The number of carbonyl (C=O) groups is 1. The Hall–Kier alpha value is -3.61. The standard InChI is InChI=1S/C28H26Cl2N4O2/c1-19-15-24(13-14-25(19)30)36-28(2,3)27(35)32-31-16-22-18-34(17-20-9-11-23(29)12-10-20)33-26(22)21-7-5-4-6-8-21/h4-16,18H,17H2,1-3H3,(H,32,35)/b31-16-. The molecule has 3 aromatic carbocycles. The van der Waals surface area contributed by atoms with Gasteiger partial charge in [0.05, 0.1) is 12.8 Å². The number of halogens is 2. The van der Waals surface area contributed by atoms with E-state index in [0.29, 0.717) is 22.3 Å². The Labute approximate surface area is 220 Å². The van der Waals surface area contributed by atoms with Gasteiger partial charge in [-0.3, -0.25) is 9.48 Å². The van der Waals surface area contributed by atoms with Gasteiger partial charge in [-0.25, -0.2) is 5.43 Å². The fourth-order valence-corrected chi connectivity index (χ4v) is 3.77. The highest BCUT2D eigenvalue weighted by Gasteiger charge is 2.30. The fraction of sp³-hybridized carbons (Fsp3) is 0.179. The molecule has 4 aromatic rings. The van der Waals surface area contributed by atoms with Gasteiger partial charge in [-0.05, 0) is 62.2 Å². The Bertz CT molecular complexity index is 1380. The highest BCUT2D eigenvalue weighted by atomic mass is 35.5. The average Bonchev–Trinajstić information content (AvgIpc) is 3.25. The quantitative estimate of drug-likeness (QED) is 0.212. The molecule has 0 atom stereocenters. The SMILES string of the molecule is Cc1cc(OC(C)(C)C(=O)N/N=C\c2cn(Cc3ccc(Cl)cc3)nc2-c2ccccc2)ccc1Cl. The van der Waals surface area contributed by atoms with Crippen LogP contribution in [0.2, 0.25) is 10.0 Å². The van der Waals surface area contributed by atoms with Crippen LogP contribution >= 0.6 is 23.2 Å². The van der Waals surface area contributed by atoms with Crippen LogP contribution in [0, 0.1) is 6.92 Å². The molecule has 0 unspecified atom stereocenters. The highest BCUT2D eigenvalue weighted by molar-refractivity contribution is 6.31. The van der Waals surface area contributed by atoms with Crippen molar-refractivity contribution >= 4 is 35.3 Å². The van der Waals surface area contributed by atoms with E-state index in [-0.39, 0.29) is 5.91 Å². The average molecular weight is 521 g/mol. The Kier molecular flexibility index (Phi) is 7.77. The van der Waals surface area contributed by atoms with E-state index in [1.807, 2.05) is 72.4 Å². The molecule has 36 heavy (non-hydrogen) atoms. The molecule has 1 heterocycles. The number of hydrogen-bond acceptors (Lipinski definition) is 4. The smallest absolute Gasteiger partial charge is 0.283 e. The van der Waals surface area contributed by atoms with Crippen LogP contribution in [-0.4, -0.2) is 27.5 Å². The summed E-state index contributed by atoms with van der Waals surface area (Å²) in [5.74, 6) is 0.164. The van der Waals surface area contributed by atoms with E-state index >= 15 is 0 Å². The molecular formula is C28H26Cl2N4O2. The van der Waals surface area contributed by atoms with E-state index in [2.05, 4.69) is 10.5 Å². The Morgan fingerprint density at radius 3 is 2.50 bits per heavy atom. The second-order valence-electron chi connectivity index (χ2n) is 8.85. The second-order valence-corrected chi connectivity index (χ2v) is 9.69. The van der Waals surface area contributed by atoms with Crippen LogP contribution in [0.5, 0.6) is 5.75 Å². The number of amides is 1. The van der Waals surface area contributed by atoms with E-state index in [1.54, 1.807) is 38.3 Å². The van der Waals surface area contributed by atoms with Gasteiger partial charge in [-0.15, -0.1) is 0 Å². The molecule has 1 N–H and O–H groups in total. The summed E-state index contributed by atoms with van der Waals surface area (Å²) in [5, 5.41) is 10.3. The van der Waals surface area contributed by atoms with Crippen molar-refractivity contribution in [2.24, 2.45) is 5.10 Å². The van der Waals surface area contributed by atoms with Crippen LogP contribution in [0.25, 0.3) is 11.3 Å². The number of nitrogens with zero attached hydrogens (tertiary/aromatic N) is 3. The number of nitrogens with one attached hydrogen (secondary N) is 1. The van der Waals surface area contributed by atoms with Crippen molar-refractivity contribution in [1.82, 2.24) is 15.2 Å². The minimum Gasteiger partial charge on any atom is -0.478 e. The summed E-state index contributed by atoms with van der Waals surface area (Å²) in [5.41, 5.74) is 5.84. The molecule has 0 aliphatic carbocycles. The van der Waals surface area contributed by atoms with Gasteiger partial charge >= 0.3 is 0 Å². The summed E-state index contributed by atoms with van der Waals surface area (Å²) in [6.45, 7) is 5.81. The summed E-state index contributed by atoms with van der Waals surface area (Å²) < 4.78 is 7.74. The van der Waals surface area contributed by atoms with Crippen LogP contribution < -0.4 is 10.2 Å². The third kappa shape index (κ3) is 6.33. The zero-order valence-corrected chi connectivity index (χ0v) is 21.7. The second kappa shape index (κ2) is 11.0. The Morgan fingerprint density at radius 1 is 1.08 bits per heavy atom. The van der Waals surface area contributed by atoms with Gasteiger partial charge in [0, 0.05) is 27.4 Å². The topological polar surface area (TPSA) is 68.5 Å². The number of benzene rings is 3. The van der Waals surface area contributed by atoms with E-state index in [0.717, 1.165) is 27.9 Å². The fourth-order valence-electron chi connectivity index (χ4n) is 3.53. The molecule has 1 amide bonds. The first-order chi connectivity index (χ1) is 17.2.